The summed E-state index contributed by atoms with van der Waals surface area (Å²) >= 11 is 0. The standard InChI is InChI=1S/C12H20N4O4S/c1-8-3-10(15-14-8)4-9-6-16(7-11(9)17)12(18)5-13-21(2,19)20/h3,9,11,13,17H,4-7H2,1-2H3,(H,14,15)/t9-,11-/m1/s1. The molecule has 2 heterocycles. The number of nitrogens with zero attached hydrogens (tertiary/aromatic N) is 2. The number of H-pyrrole nitrogens is 1. The van der Waals surface area contributed by atoms with Crippen LogP contribution >= 0.6 is 0 Å². The molecule has 1 amide bonds. The molecule has 2 atom stereocenters. The van der Waals surface area contributed by atoms with E-state index >= 15 is 0 Å². The fourth-order valence-corrected chi connectivity index (χ4v) is 2.80. The topological polar surface area (TPSA) is 115 Å². The van der Waals surface area contributed by atoms with Crippen LogP contribution in [-0.4, -0.2) is 66.5 Å². The van der Waals surface area contributed by atoms with Crippen molar-refractivity contribution in [2.24, 2.45) is 5.92 Å². The first-order valence-electron chi connectivity index (χ1n) is 6.66. The van der Waals surface area contributed by atoms with E-state index < -0.39 is 16.1 Å². The second-order valence-corrected chi connectivity index (χ2v) is 7.30. The van der Waals surface area contributed by atoms with E-state index in [9.17, 15) is 18.3 Å². The van der Waals surface area contributed by atoms with Crippen molar-refractivity contribution >= 4 is 15.9 Å². The summed E-state index contributed by atoms with van der Waals surface area (Å²) in [6.45, 7) is 2.24. The zero-order chi connectivity index (χ0) is 15.6. The smallest absolute Gasteiger partial charge is 0.237 e. The quantitative estimate of drug-likeness (QED) is 0.620. The van der Waals surface area contributed by atoms with Crippen LogP contribution in [0.3, 0.4) is 0 Å². The molecule has 0 bridgehead atoms. The minimum atomic E-state index is -3.40. The van der Waals surface area contributed by atoms with E-state index in [1.54, 1.807) is 0 Å². The highest BCUT2D eigenvalue weighted by Crippen LogP contribution is 2.21. The zero-order valence-corrected chi connectivity index (χ0v) is 12.9. The summed E-state index contributed by atoms with van der Waals surface area (Å²) in [4.78, 5) is 13.4. The Morgan fingerprint density at radius 3 is 2.86 bits per heavy atom. The van der Waals surface area contributed by atoms with Crippen molar-refractivity contribution in [3.8, 4) is 0 Å². The third-order valence-corrected chi connectivity index (χ3v) is 4.14. The van der Waals surface area contributed by atoms with Crippen LogP contribution in [0.1, 0.15) is 11.4 Å². The van der Waals surface area contributed by atoms with E-state index in [0.29, 0.717) is 13.0 Å². The number of aliphatic hydroxyl groups excluding tert-OH is 1. The molecule has 3 N–H and O–H groups in total. The van der Waals surface area contributed by atoms with Crippen molar-refractivity contribution in [2.75, 3.05) is 25.9 Å². The zero-order valence-electron chi connectivity index (χ0n) is 12.0. The Hall–Kier alpha value is -1.45. The third-order valence-electron chi connectivity index (χ3n) is 3.48. The summed E-state index contributed by atoms with van der Waals surface area (Å²) in [5.41, 5.74) is 1.79. The molecule has 118 valence electrons. The molecular weight excluding hydrogens is 296 g/mol. The van der Waals surface area contributed by atoms with Gasteiger partial charge in [-0.15, -0.1) is 0 Å². The predicted molar refractivity (Wildman–Crippen MR) is 76.0 cm³/mol. The number of rotatable bonds is 5. The van der Waals surface area contributed by atoms with Gasteiger partial charge in [-0.25, -0.2) is 13.1 Å². The van der Waals surface area contributed by atoms with Crippen molar-refractivity contribution in [3.63, 3.8) is 0 Å². The van der Waals surface area contributed by atoms with E-state index in [2.05, 4.69) is 14.9 Å². The minimum Gasteiger partial charge on any atom is -0.391 e. The van der Waals surface area contributed by atoms with Crippen molar-refractivity contribution in [1.82, 2.24) is 19.8 Å². The van der Waals surface area contributed by atoms with Gasteiger partial charge in [0.15, 0.2) is 0 Å². The molecule has 1 aliphatic rings. The lowest BCUT2D eigenvalue weighted by atomic mass is 10.0. The van der Waals surface area contributed by atoms with Crippen molar-refractivity contribution in [2.45, 2.75) is 19.4 Å². The molecule has 0 aliphatic carbocycles. The summed E-state index contributed by atoms with van der Waals surface area (Å²) < 4.78 is 24.1. The maximum absolute atomic E-state index is 11.9. The molecule has 2 rings (SSSR count). The number of aliphatic hydroxyl groups is 1. The summed E-state index contributed by atoms with van der Waals surface area (Å²) in [6, 6.07) is 1.91. The minimum absolute atomic E-state index is 0.0881. The van der Waals surface area contributed by atoms with Gasteiger partial charge in [0, 0.05) is 24.7 Å². The molecule has 8 nitrogen and oxygen atoms in total. The fraction of sp³-hybridized carbons (Fsp3) is 0.667. The molecular formula is C12H20N4O4S. The van der Waals surface area contributed by atoms with E-state index in [0.717, 1.165) is 17.6 Å². The van der Waals surface area contributed by atoms with Gasteiger partial charge in [0.1, 0.15) is 0 Å². The molecule has 0 spiro atoms. The molecule has 0 aromatic carbocycles. The lowest BCUT2D eigenvalue weighted by Gasteiger charge is -2.15. The van der Waals surface area contributed by atoms with Crippen LogP contribution in [0.5, 0.6) is 0 Å². The first-order valence-corrected chi connectivity index (χ1v) is 8.55. The highest BCUT2D eigenvalue weighted by molar-refractivity contribution is 7.88. The highest BCUT2D eigenvalue weighted by atomic mass is 32.2. The number of aryl methyl sites for hydroxylation is 1. The Morgan fingerprint density at radius 2 is 2.29 bits per heavy atom. The second-order valence-electron chi connectivity index (χ2n) is 5.47. The van der Waals surface area contributed by atoms with Crippen LogP contribution in [0.25, 0.3) is 0 Å². The fourth-order valence-electron chi connectivity index (χ4n) is 2.41. The third kappa shape index (κ3) is 4.51. The summed E-state index contributed by atoms with van der Waals surface area (Å²) in [7, 11) is -3.40. The van der Waals surface area contributed by atoms with Crippen molar-refractivity contribution in [1.29, 1.82) is 0 Å². The number of aromatic nitrogens is 2. The largest absolute Gasteiger partial charge is 0.391 e. The van der Waals surface area contributed by atoms with Gasteiger partial charge in [-0.2, -0.15) is 5.10 Å². The molecule has 0 radical (unpaired) electrons. The monoisotopic (exact) mass is 316 g/mol. The number of carbonyl (C=O) groups is 1. The van der Waals surface area contributed by atoms with Crippen LogP contribution in [0.4, 0.5) is 0 Å². The molecule has 1 saturated heterocycles. The highest BCUT2D eigenvalue weighted by Gasteiger charge is 2.34. The molecule has 0 saturated carbocycles. The van der Waals surface area contributed by atoms with E-state index in [1.807, 2.05) is 13.0 Å². The molecule has 0 unspecified atom stereocenters. The van der Waals surface area contributed by atoms with Gasteiger partial charge in [-0.3, -0.25) is 9.89 Å². The van der Waals surface area contributed by atoms with Crippen LogP contribution in [0.2, 0.25) is 0 Å². The van der Waals surface area contributed by atoms with Crippen LogP contribution in [-0.2, 0) is 21.2 Å². The van der Waals surface area contributed by atoms with Crippen molar-refractivity contribution < 1.29 is 18.3 Å². The SMILES string of the molecule is Cc1cc(C[C@@H]2CN(C(=O)CNS(C)(=O)=O)C[C@H]2O)n[nH]1. The van der Waals surface area contributed by atoms with Gasteiger partial charge in [0.2, 0.25) is 15.9 Å². The molecule has 1 aromatic heterocycles. The Bertz CT molecular complexity index is 613. The maximum Gasteiger partial charge on any atom is 0.237 e. The number of amides is 1. The normalized spacial score (nSPS) is 22.7. The first-order chi connectivity index (χ1) is 9.74. The number of likely N-dealkylation sites (tertiary alicyclic amines) is 1. The Morgan fingerprint density at radius 1 is 1.57 bits per heavy atom. The second kappa shape index (κ2) is 6.12. The van der Waals surface area contributed by atoms with Gasteiger partial charge >= 0.3 is 0 Å². The van der Waals surface area contributed by atoms with Crippen LogP contribution < -0.4 is 4.72 Å². The molecule has 21 heavy (non-hydrogen) atoms. The lowest BCUT2D eigenvalue weighted by Crippen LogP contribution is -2.39. The molecule has 1 aliphatic heterocycles. The van der Waals surface area contributed by atoms with E-state index in [4.69, 9.17) is 0 Å². The predicted octanol–water partition coefficient (Wildman–Crippen LogP) is -1.37. The Kier molecular flexibility index (Phi) is 4.64. The molecule has 1 fully saturated rings. The Labute approximate surface area is 123 Å². The van der Waals surface area contributed by atoms with Gasteiger partial charge in [0.25, 0.3) is 0 Å². The number of aromatic amines is 1. The maximum atomic E-state index is 11.9. The average Bonchev–Trinajstić information content (AvgIpc) is 2.93. The van der Waals surface area contributed by atoms with Crippen molar-refractivity contribution in [3.05, 3.63) is 17.5 Å². The number of sulfonamides is 1. The van der Waals surface area contributed by atoms with Gasteiger partial charge < -0.3 is 10.0 Å². The summed E-state index contributed by atoms with van der Waals surface area (Å²) in [5, 5.41) is 17.0. The van der Waals surface area contributed by atoms with Gasteiger partial charge in [-0.05, 0) is 19.4 Å². The number of β-amino-alcohol motifs (C(OH)–C–C–N with tert-alkyl or cyclic N) is 1. The first kappa shape index (κ1) is 15.9. The average molecular weight is 316 g/mol. The summed E-state index contributed by atoms with van der Waals surface area (Å²) in [6.07, 6.45) is 0.959. The van der Waals surface area contributed by atoms with Crippen LogP contribution in [0.15, 0.2) is 6.07 Å². The Balaban J connectivity index is 1.89. The van der Waals surface area contributed by atoms with E-state index in [1.165, 1.54) is 4.90 Å². The molecule has 9 heteroatoms. The number of nitrogens with one attached hydrogen (secondary N) is 2. The molecule has 1 aromatic rings. The number of hydrogen-bond donors (Lipinski definition) is 3. The van der Waals surface area contributed by atoms with Crippen LogP contribution in [0, 0.1) is 12.8 Å². The number of carbonyl (C=O) groups excluding carboxylic acids is 1. The number of hydrogen-bond acceptors (Lipinski definition) is 5. The summed E-state index contributed by atoms with van der Waals surface area (Å²) in [5.74, 6) is -0.421. The lowest BCUT2D eigenvalue weighted by molar-refractivity contribution is -0.129. The van der Waals surface area contributed by atoms with Gasteiger partial charge in [-0.1, -0.05) is 0 Å². The van der Waals surface area contributed by atoms with E-state index in [-0.39, 0.29) is 24.9 Å². The van der Waals surface area contributed by atoms with Gasteiger partial charge in [0.05, 0.1) is 24.6 Å².